The number of carbonyl (C=O) groups is 2. The summed E-state index contributed by atoms with van der Waals surface area (Å²) in [6.45, 7) is 2.31. The number of carbonyl (C=O) groups excluding carboxylic acids is 2. The van der Waals surface area contributed by atoms with Crippen LogP contribution in [0, 0.1) is 5.82 Å². The predicted molar refractivity (Wildman–Crippen MR) is 93.8 cm³/mol. The van der Waals surface area contributed by atoms with E-state index in [-0.39, 0.29) is 4.90 Å². The zero-order valence-corrected chi connectivity index (χ0v) is 15.9. The van der Waals surface area contributed by atoms with Crippen LogP contribution in [0.15, 0.2) is 53.4 Å². The first-order chi connectivity index (χ1) is 13.3. The van der Waals surface area contributed by atoms with Crippen LogP contribution in [0.1, 0.15) is 19.4 Å². The third-order valence-corrected chi connectivity index (χ3v) is 6.36. The van der Waals surface area contributed by atoms with Gasteiger partial charge in [-0.15, -0.1) is 0 Å². The molecule has 2 aromatic carbocycles. The number of halogens is 4. The molecule has 154 valence electrons. The smallest absolute Gasteiger partial charge is 0.271 e. The van der Waals surface area contributed by atoms with Gasteiger partial charge in [0.1, 0.15) is 11.4 Å². The number of imide groups is 1. The Morgan fingerprint density at radius 3 is 2.10 bits per heavy atom. The van der Waals surface area contributed by atoms with E-state index in [1.54, 1.807) is 6.07 Å². The van der Waals surface area contributed by atoms with Crippen LogP contribution < -0.4 is 4.90 Å². The van der Waals surface area contributed by atoms with Crippen molar-refractivity contribution in [3.8, 4) is 0 Å². The number of nitrogens with zero attached hydrogens (tertiary/aromatic N) is 2. The molecule has 1 fully saturated rings. The number of sulfonamides is 1. The highest BCUT2D eigenvalue weighted by molar-refractivity contribution is 7.89. The van der Waals surface area contributed by atoms with Crippen molar-refractivity contribution in [2.24, 2.45) is 0 Å². The molecule has 2 aromatic rings. The summed E-state index contributed by atoms with van der Waals surface area (Å²) < 4.78 is 78.8. The van der Waals surface area contributed by atoms with Crippen molar-refractivity contribution in [1.29, 1.82) is 0 Å². The van der Waals surface area contributed by atoms with Gasteiger partial charge in [0, 0.05) is 0 Å². The number of rotatable bonds is 3. The van der Waals surface area contributed by atoms with E-state index in [9.17, 15) is 35.6 Å². The maximum absolute atomic E-state index is 13.6. The second-order valence-corrected chi connectivity index (χ2v) is 8.51. The van der Waals surface area contributed by atoms with Crippen LogP contribution in [0.3, 0.4) is 0 Å². The van der Waals surface area contributed by atoms with Gasteiger partial charge >= 0.3 is 12.2 Å². The summed E-state index contributed by atoms with van der Waals surface area (Å²) in [6.07, 6.45) is -5.07. The molecule has 3 amide bonds. The monoisotopic (exact) mass is 430 g/mol. The highest BCUT2D eigenvalue weighted by Gasteiger charge is 2.57. The number of hydrogen-bond donors (Lipinski definition) is 0. The fourth-order valence-corrected chi connectivity index (χ4v) is 4.65. The zero-order valence-electron chi connectivity index (χ0n) is 15.1. The minimum atomic E-state index is -5.07. The normalized spacial score (nSPS) is 17.2. The molecular weight excluding hydrogens is 416 g/mol. The topological polar surface area (TPSA) is 74.8 Å². The molecule has 1 heterocycles. The van der Waals surface area contributed by atoms with Crippen molar-refractivity contribution in [1.82, 2.24) is 4.31 Å². The van der Waals surface area contributed by atoms with Gasteiger partial charge in [-0.1, -0.05) is 18.2 Å². The maximum atomic E-state index is 13.6. The molecule has 0 radical (unpaired) electrons. The van der Waals surface area contributed by atoms with Gasteiger partial charge in [0.25, 0.3) is 15.9 Å². The molecule has 0 saturated carbocycles. The Kier molecular flexibility index (Phi) is 4.69. The molecule has 1 saturated heterocycles. The fourth-order valence-electron chi connectivity index (χ4n) is 2.98. The van der Waals surface area contributed by atoms with Crippen LogP contribution >= 0.6 is 0 Å². The minimum absolute atomic E-state index is 0.272. The average molecular weight is 430 g/mol. The number of amides is 3. The van der Waals surface area contributed by atoms with Crippen molar-refractivity contribution < 1.29 is 35.6 Å². The van der Waals surface area contributed by atoms with Crippen LogP contribution in [0.25, 0.3) is 0 Å². The number of anilines is 1. The Morgan fingerprint density at radius 1 is 0.966 bits per heavy atom. The van der Waals surface area contributed by atoms with Crippen molar-refractivity contribution in [2.75, 3.05) is 4.90 Å². The van der Waals surface area contributed by atoms with Crippen LogP contribution in [-0.2, 0) is 21.0 Å². The number of hydrogen-bond acceptors (Lipinski definition) is 4. The van der Waals surface area contributed by atoms with Crippen molar-refractivity contribution in [3.05, 3.63) is 59.9 Å². The highest BCUT2D eigenvalue weighted by atomic mass is 32.2. The SMILES string of the molecule is CC1(C)C(=O)N(c2ccc(F)c(C(F)(F)F)c2)C(=O)N1S(=O)(=O)c1ccccc1. The Balaban J connectivity index is 2.14. The van der Waals surface area contributed by atoms with E-state index < -0.39 is 50.7 Å². The van der Waals surface area contributed by atoms with Gasteiger partial charge in [0.2, 0.25) is 0 Å². The predicted octanol–water partition coefficient (Wildman–Crippen LogP) is 3.78. The molecule has 0 aromatic heterocycles. The second kappa shape index (κ2) is 6.55. The zero-order chi connectivity index (χ0) is 21.8. The second-order valence-electron chi connectivity index (χ2n) is 6.73. The first-order valence-corrected chi connectivity index (χ1v) is 9.59. The molecule has 0 bridgehead atoms. The number of benzene rings is 2. The van der Waals surface area contributed by atoms with Gasteiger partial charge in [0.05, 0.1) is 16.1 Å². The number of urea groups is 1. The van der Waals surface area contributed by atoms with Crippen molar-refractivity contribution in [3.63, 3.8) is 0 Å². The highest BCUT2D eigenvalue weighted by Crippen LogP contribution is 2.39. The first kappa shape index (κ1) is 20.8. The summed E-state index contributed by atoms with van der Waals surface area (Å²) in [7, 11) is -4.49. The third-order valence-electron chi connectivity index (χ3n) is 4.39. The summed E-state index contributed by atoms with van der Waals surface area (Å²) in [6, 6.07) is 6.99. The molecule has 1 aliphatic rings. The van der Waals surface area contributed by atoms with Crippen molar-refractivity contribution in [2.45, 2.75) is 30.5 Å². The van der Waals surface area contributed by atoms with Gasteiger partial charge < -0.3 is 0 Å². The van der Waals surface area contributed by atoms with E-state index in [4.69, 9.17) is 0 Å². The molecule has 29 heavy (non-hydrogen) atoms. The van der Waals surface area contributed by atoms with E-state index in [0.29, 0.717) is 21.3 Å². The Morgan fingerprint density at radius 2 is 1.55 bits per heavy atom. The summed E-state index contributed by atoms with van der Waals surface area (Å²) in [4.78, 5) is 25.7. The van der Waals surface area contributed by atoms with Crippen LogP contribution in [-0.4, -0.2) is 30.2 Å². The Hall–Kier alpha value is -2.95. The Bertz CT molecular complexity index is 1100. The van der Waals surface area contributed by atoms with E-state index in [1.807, 2.05) is 0 Å². The maximum Gasteiger partial charge on any atom is 0.419 e. The largest absolute Gasteiger partial charge is 0.419 e. The lowest BCUT2D eigenvalue weighted by Crippen LogP contribution is -2.47. The lowest BCUT2D eigenvalue weighted by molar-refractivity contribution is -0.140. The Labute approximate surface area is 163 Å². The lowest BCUT2D eigenvalue weighted by Gasteiger charge is -2.26. The molecular formula is C18H14F4N2O4S. The summed E-state index contributed by atoms with van der Waals surface area (Å²) in [5.74, 6) is -2.66. The lowest BCUT2D eigenvalue weighted by atomic mass is 10.1. The van der Waals surface area contributed by atoms with Gasteiger partial charge in [-0.2, -0.15) is 13.2 Å². The van der Waals surface area contributed by atoms with E-state index >= 15 is 0 Å². The van der Waals surface area contributed by atoms with Gasteiger partial charge in [-0.3, -0.25) is 4.79 Å². The minimum Gasteiger partial charge on any atom is -0.271 e. The van der Waals surface area contributed by atoms with Gasteiger partial charge in [-0.05, 0) is 44.2 Å². The summed E-state index contributed by atoms with van der Waals surface area (Å²) in [5, 5.41) is 0. The molecule has 0 aliphatic carbocycles. The van der Waals surface area contributed by atoms with Gasteiger partial charge in [-0.25, -0.2) is 26.8 Å². The molecule has 3 rings (SSSR count). The molecule has 6 nitrogen and oxygen atoms in total. The molecule has 0 unspecified atom stereocenters. The number of alkyl halides is 3. The van der Waals surface area contributed by atoms with E-state index in [0.717, 1.165) is 19.9 Å². The molecule has 0 N–H and O–H groups in total. The summed E-state index contributed by atoms with van der Waals surface area (Å²) in [5.41, 5.74) is -4.19. The third kappa shape index (κ3) is 3.24. The standard InChI is InChI=1S/C18H14F4N2O4S/c1-17(2)15(25)23(11-8-9-14(19)13(10-11)18(20,21)22)16(26)24(17)29(27,28)12-6-4-3-5-7-12/h3-10H,1-2H3. The van der Waals surface area contributed by atoms with Crippen molar-refractivity contribution >= 4 is 27.6 Å². The van der Waals surface area contributed by atoms with Crippen LogP contribution in [0.5, 0.6) is 0 Å². The molecule has 0 atom stereocenters. The quantitative estimate of drug-likeness (QED) is 0.549. The first-order valence-electron chi connectivity index (χ1n) is 8.15. The molecule has 11 heteroatoms. The van der Waals surface area contributed by atoms with E-state index in [2.05, 4.69) is 0 Å². The average Bonchev–Trinajstić information content (AvgIpc) is 2.80. The molecule has 0 spiro atoms. The summed E-state index contributed by atoms with van der Waals surface area (Å²) >= 11 is 0. The molecule has 1 aliphatic heterocycles. The van der Waals surface area contributed by atoms with Crippen LogP contribution in [0.2, 0.25) is 0 Å². The fraction of sp³-hybridized carbons (Fsp3) is 0.222. The van der Waals surface area contributed by atoms with E-state index in [1.165, 1.54) is 24.3 Å². The van der Waals surface area contributed by atoms with Crippen LogP contribution in [0.4, 0.5) is 28.0 Å². The van der Waals surface area contributed by atoms with Gasteiger partial charge in [0.15, 0.2) is 0 Å².